The van der Waals surface area contributed by atoms with E-state index in [1.54, 1.807) is 21.1 Å². The number of rotatable bonds is 2. The minimum Gasteiger partial charge on any atom is -0.444 e. The molecule has 0 aliphatic carbocycles. The van der Waals surface area contributed by atoms with Crippen LogP contribution in [0.15, 0.2) is 16.9 Å². The second-order valence-corrected chi connectivity index (χ2v) is 10.5. The summed E-state index contributed by atoms with van der Waals surface area (Å²) in [7, 11) is 1.77. The monoisotopic (exact) mass is 417 g/mol. The summed E-state index contributed by atoms with van der Waals surface area (Å²) in [6, 6.07) is 3.95. The summed E-state index contributed by atoms with van der Waals surface area (Å²) in [5, 5.41) is 0. The average molecular weight is 418 g/mol. The molecule has 1 fully saturated rings. The van der Waals surface area contributed by atoms with Gasteiger partial charge in [-0.05, 0) is 45.2 Å². The zero-order chi connectivity index (χ0) is 22.4. The number of piperazine rings is 1. The van der Waals surface area contributed by atoms with Crippen molar-refractivity contribution in [2.45, 2.75) is 66.7 Å². The van der Waals surface area contributed by atoms with E-state index in [0.29, 0.717) is 31.8 Å². The number of amides is 1. The predicted octanol–water partition coefficient (Wildman–Crippen LogP) is 3.23. The number of nitrogens with zero attached hydrogens (tertiary/aromatic N) is 5. The summed E-state index contributed by atoms with van der Waals surface area (Å²) < 4.78 is 8.95. The van der Waals surface area contributed by atoms with Gasteiger partial charge in [-0.15, -0.1) is 0 Å². The number of fused-ring (bicyclic) bond motifs is 1. The minimum absolute atomic E-state index is 0.000375. The third-order valence-electron chi connectivity index (χ3n) is 5.18. The Morgan fingerprint density at radius 2 is 1.83 bits per heavy atom. The highest BCUT2D eigenvalue weighted by atomic mass is 16.6. The molecule has 2 aromatic heterocycles. The van der Waals surface area contributed by atoms with Crippen molar-refractivity contribution in [2.24, 2.45) is 12.5 Å². The first-order chi connectivity index (χ1) is 13.8. The maximum absolute atomic E-state index is 12.8. The Hall–Kier alpha value is -2.51. The lowest BCUT2D eigenvalue weighted by molar-refractivity contribution is 0.0158. The third kappa shape index (κ3) is 4.63. The van der Waals surface area contributed by atoms with Gasteiger partial charge in [0.15, 0.2) is 5.65 Å². The number of imidazole rings is 1. The molecule has 0 bridgehead atoms. The van der Waals surface area contributed by atoms with E-state index in [4.69, 9.17) is 9.72 Å². The molecule has 3 rings (SSSR count). The fourth-order valence-electron chi connectivity index (χ4n) is 3.82. The van der Waals surface area contributed by atoms with Crippen LogP contribution in [0.5, 0.6) is 0 Å². The number of carbonyl (C=O) groups is 1. The minimum atomic E-state index is -0.508. The summed E-state index contributed by atoms with van der Waals surface area (Å²) in [6.07, 6.45) is -0.278. The number of carbonyl (C=O) groups excluding carboxylic acids is 1. The maximum Gasteiger partial charge on any atom is 0.410 e. The molecule has 2 aromatic rings. The lowest BCUT2D eigenvalue weighted by Crippen LogP contribution is -2.55. The molecule has 8 heteroatoms. The van der Waals surface area contributed by atoms with Crippen LogP contribution in [0.4, 0.5) is 10.6 Å². The van der Waals surface area contributed by atoms with E-state index >= 15 is 0 Å². The van der Waals surface area contributed by atoms with Crippen LogP contribution in [-0.4, -0.2) is 56.4 Å². The highest BCUT2D eigenvalue weighted by Crippen LogP contribution is 2.24. The van der Waals surface area contributed by atoms with Crippen LogP contribution >= 0.6 is 0 Å². The van der Waals surface area contributed by atoms with Crippen LogP contribution in [-0.2, 0) is 18.3 Å². The van der Waals surface area contributed by atoms with E-state index in [1.807, 2.05) is 39.8 Å². The number of hydrogen-bond acceptors (Lipinski definition) is 5. The highest BCUT2D eigenvalue weighted by Gasteiger charge is 2.31. The first-order valence-electron chi connectivity index (χ1n) is 10.6. The van der Waals surface area contributed by atoms with Crippen molar-refractivity contribution in [3.05, 3.63) is 22.6 Å². The van der Waals surface area contributed by atoms with Gasteiger partial charge in [-0.1, -0.05) is 20.8 Å². The zero-order valence-electron chi connectivity index (χ0n) is 19.5. The predicted molar refractivity (Wildman–Crippen MR) is 119 cm³/mol. The molecule has 1 unspecified atom stereocenters. The topological polar surface area (TPSA) is 72.6 Å². The fourth-order valence-corrected chi connectivity index (χ4v) is 3.82. The molecule has 3 heterocycles. The van der Waals surface area contributed by atoms with E-state index in [1.165, 1.54) is 0 Å². The van der Waals surface area contributed by atoms with Gasteiger partial charge in [0.05, 0.1) is 5.52 Å². The van der Waals surface area contributed by atoms with Gasteiger partial charge in [-0.3, -0.25) is 9.13 Å². The summed E-state index contributed by atoms with van der Waals surface area (Å²) in [5.74, 6) is 0.821. The van der Waals surface area contributed by atoms with Gasteiger partial charge in [0.2, 0.25) is 0 Å². The van der Waals surface area contributed by atoms with Crippen molar-refractivity contribution in [1.82, 2.24) is 19.0 Å². The van der Waals surface area contributed by atoms with Gasteiger partial charge in [0, 0.05) is 39.3 Å². The lowest BCUT2D eigenvalue weighted by Gasteiger charge is -2.40. The third-order valence-corrected chi connectivity index (χ3v) is 5.18. The number of aromatic nitrogens is 3. The Labute approximate surface area is 178 Å². The fraction of sp³-hybridized carbons (Fsp3) is 0.682. The molecule has 1 aliphatic rings. The van der Waals surface area contributed by atoms with Gasteiger partial charge in [-0.2, -0.15) is 0 Å². The van der Waals surface area contributed by atoms with Gasteiger partial charge in [0.1, 0.15) is 11.4 Å². The number of aryl methyl sites for hydroxylation is 1. The smallest absolute Gasteiger partial charge is 0.410 e. The molecule has 166 valence electrons. The van der Waals surface area contributed by atoms with Crippen molar-refractivity contribution in [1.29, 1.82) is 0 Å². The molecule has 1 saturated heterocycles. The standard InChI is InChI=1S/C22H35N5O3/c1-15-13-25(11-12-26(15)20(29)30-22(5,6)7)17-10-9-16-18(23-17)24(8)19(28)27(16)14-21(2,3)4/h9-10,15H,11-14H2,1-8H3. The molecule has 8 nitrogen and oxygen atoms in total. The second kappa shape index (κ2) is 7.63. The number of ether oxygens (including phenoxy) is 1. The van der Waals surface area contributed by atoms with E-state index in [2.05, 4.69) is 25.7 Å². The number of hydrogen-bond donors (Lipinski definition) is 0. The van der Waals surface area contributed by atoms with Crippen molar-refractivity contribution >= 4 is 23.1 Å². The molecule has 0 radical (unpaired) electrons. The molecule has 0 saturated carbocycles. The van der Waals surface area contributed by atoms with E-state index in [9.17, 15) is 9.59 Å². The molecule has 0 spiro atoms. The SMILES string of the molecule is CC1CN(c2ccc3c(n2)n(C)c(=O)n3CC(C)(C)C)CCN1C(=O)OC(C)(C)C. The quantitative estimate of drug-likeness (QED) is 0.750. The maximum atomic E-state index is 12.8. The van der Waals surface area contributed by atoms with Crippen LogP contribution in [0.2, 0.25) is 0 Å². The van der Waals surface area contributed by atoms with Gasteiger partial charge in [0.25, 0.3) is 0 Å². The lowest BCUT2D eigenvalue weighted by atomic mass is 9.97. The number of anilines is 1. The molecule has 30 heavy (non-hydrogen) atoms. The second-order valence-electron chi connectivity index (χ2n) is 10.5. The van der Waals surface area contributed by atoms with Crippen LogP contribution in [0, 0.1) is 5.41 Å². The molecule has 1 aliphatic heterocycles. The highest BCUT2D eigenvalue weighted by molar-refractivity contribution is 5.74. The largest absolute Gasteiger partial charge is 0.444 e. The summed E-state index contributed by atoms with van der Waals surface area (Å²) in [4.78, 5) is 34.0. The van der Waals surface area contributed by atoms with Gasteiger partial charge < -0.3 is 14.5 Å². The Morgan fingerprint density at radius 3 is 2.40 bits per heavy atom. The molecule has 1 amide bonds. The molecule has 1 atom stereocenters. The Morgan fingerprint density at radius 1 is 1.17 bits per heavy atom. The van der Waals surface area contributed by atoms with Crippen molar-refractivity contribution < 1.29 is 9.53 Å². The zero-order valence-corrected chi connectivity index (χ0v) is 19.5. The summed E-state index contributed by atoms with van der Waals surface area (Å²) in [5.41, 5.74) is 0.966. The Bertz CT molecular complexity index is 993. The van der Waals surface area contributed by atoms with Crippen LogP contribution in [0.25, 0.3) is 11.2 Å². The molecular formula is C22H35N5O3. The van der Waals surface area contributed by atoms with Crippen LogP contribution in [0.1, 0.15) is 48.5 Å². The van der Waals surface area contributed by atoms with Crippen molar-refractivity contribution in [3.63, 3.8) is 0 Å². The van der Waals surface area contributed by atoms with Crippen molar-refractivity contribution in [3.8, 4) is 0 Å². The normalized spacial score (nSPS) is 18.2. The van der Waals surface area contributed by atoms with Crippen molar-refractivity contribution in [2.75, 3.05) is 24.5 Å². The average Bonchev–Trinajstić information content (AvgIpc) is 2.83. The number of pyridine rings is 1. The van der Waals surface area contributed by atoms with E-state index < -0.39 is 5.60 Å². The summed E-state index contributed by atoms with van der Waals surface area (Å²) in [6.45, 7) is 16.5. The van der Waals surface area contributed by atoms with Crippen LogP contribution in [0.3, 0.4) is 0 Å². The first-order valence-corrected chi connectivity index (χ1v) is 10.6. The van der Waals surface area contributed by atoms with E-state index in [0.717, 1.165) is 11.3 Å². The van der Waals surface area contributed by atoms with E-state index in [-0.39, 0.29) is 23.2 Å². The van der Waals surface area contributed by atoms with Gasteiger partial charge >= 0.3 is 11.8 Å². The molecule has 0 N–H and O–H groups in total. The molecule has 0 aromatic carbocycles. The first kappa shape index (κ1) is 22.2. The van der Waals surface area contributed by atoms with Crippen LogP contribution < -0.4 is 10.6 Å². The Balaban J connectivity index is 1.82. The summed E-state index contributed by atoms with van der Waals surface area (Å²) >= 11 is 0. The molecular weight excluding hydrogens is 382 g/mol. The Kier molecular flexibility index (Phi) is 5.64. The van der Waals surface area contributed by atoms with Gasteiger partial charge in [-0.25, -0.2) is 14.6 Å².